The third-order valence-corrected chi connectivity index (χ3v) is 6.25. The molecule has 3 aliphatic heterocycles. The zero-order valence-corrected chi connectivity index (χ0v) is 15.0. The number of fused-ring (bicyclic) bond motifs is 1. The zero-order chi connectivity index (χ0) is 17.9. The van der Waals surface area contributed by atoms with E-state index in [1.165, 1.54) is 0 Å². The number of amides is 2. The summed E-state index contributed by atoms with van der Waals surface area (Å²) in [5.41, 5.74) is 1.61. The first-order chi connectivity index (χ1) is 12.6. The molecule has 1 aromatic carbocycles. The molecule has 3 aliphatic rings. The van der Waals surface area contributed by atoms with Gasteiger partial charge in [0.05, 0.1) is 25.5 Å². The molecule has 136 valence electrons. The summed E-state index contributed by atoms with van der Waals surface area (Å²) in [7, 11) is 2.00. The zero-order valence-electron chi connectivity index (χ0n) is 15.0. The highest BCUT2D eigenvalue weighted by Gasteiger charge is 2.61. The smallest absolute Gasteiger partial charge is 0.227 e. The number of ether oxygens (including phenoxy) is 1. The van der Waals surface area contributed by atoms with Crippen LogP contribution in [0.15, 0.2) is 30.5 Å². The van der Waals surface area contributed by atoms with Gasteiger partial charge in [0.1, 0.15) is 0 Å². The Bertz CT molecular complexity index is 905. The van der Waals surface area contributed by atoms with Crippen LogP contribution in [-0.4, -0.2) is 57.6 Å². The number of para-hydroxylation sites is 1. The highest BCUT2D eigenvalue weighted by molar-refractivity contribution is 5.90. The first-order valence-electron chi connectivity index (χ1n) is 9.37. The first-order valence-corrected chi connectivity index (χ1v) is 9.37. The molecule has 6 heteroatoms. The third-order valence-electron chi connectivity index (χ3n) is 6.25. The van der Waals surface area contributed by atoms with Crippen molar-refractivity contribution in [2.75, 3.05) is 19.7 Å². The van der Waals surface area contributed by atoms with Crippen LogP contribution >= 0.6 is 0 Å². The maximum absolute atomic E-state index is 13.1. The first kappa shape index (κ1) is 15.9. The number of carbonyl (C=O) groups excluding carboxylic acids is 2. The summed E-state index contributed by atoms with van der Waals surface area (Å²) in [6.45, 7) is 2.09. The van der Waals surface area contributed by atoms with Gasteiger partial charge in [-0.05, 0) is 18.1 Å². The number of rotatable bonds is 2. The minimum Gasteiger partial charge on any atom is -0.353 e. The van der Waals surface area contributed by atoms with Gasteiger partial charge < -0.3 is 19.1 Å². The number of aromatic nitrogens is 1. The van der Waals surface area contributed by atoms with Gasteiger partial charge in [-0.15, -0.1) is 0 Å². The average molecular weight is 353 g/mol. The Labute approximate surface area is 152 Å². The predicted octanol–water partition coefficient (Wildman–Crippen LogP) is 1.67. The lowest BCUT2D eigenvalue weighted by molar-refractivity contribution is -0.181. The van der Waals surface area contributed by atoms with Crippen LogP contribution in [-0.2, 0) is 27.8 Å². The second-order valence-corrected chi connectivity index (χ2v) is 7.61. The predicted molar refractivity (Wildman–Crippen MR) is 96.4 cm³/mol. The van der Waals surface area contributed by atoms with Gasteiger partial charge in [-0.1, -0.05) is 18.2 Å². The topological polar surface area (TPSA) is 54.8 Å². The Morgan fingerprint density at radius 1 is 1.31 bits per heavy atom. The minimum absolute atomic E-state index is 0.0899. The van der Waals surface area contributed by atoms with Gasteiger partial charge >= 0.3 is 0 Å². The van der Waals surface area contributed by atoms with Crippen molar-refractivity contribution in [1.29, 1.82) is 0 Å². The summed E-state index contributed by atoms with van der Waals surface area (Å²) in [6.07, 6.45) is 4.40. The molecule has 6 nitrogen and oxygen atoms in total. The molecule has 1 spiro atoms. The van der Waals surface area contributed by atoms with E-state index in [-0.39, 0.29) is 17.9 Å². The number of benzene rings is 1. The van der Waals surface area contributed by atoms with Crippen molar-refractivity contribution in [3.05, 3.63) is 36.0 Å². The fraction of sp³-hybridized carbons (Fsp3) is 0.500. The van der Waals surface area contributed by atoms with Crippen molar-refractivity contribution in [3.63, 3.8) is 0 Å². The van der Waals surface area contributed by atoms with Crippen molar-refractivity contribution in [3.8, 4) is 0 Å². The molecule has 3 fully saturated rings. The van der Waals surface area contributed by atoms with Gasteiger partial charge in [-0.25, -0.2) is 0 Å². The largest absolute Gasteiger partial charge is 0.353 e. The summed E-state index contributed by atoms with van der Waals surface area (Å²) >= 11 is 0. The normalized spacial score (nSPS) is 27.9. The lowest BCUT2D eigenvalue weighted by Gasteiger charge is -2.42. The van der Waals surface area contributed by atoms with E-state index in [1.54, 1.807) is 0 Å². The number of carbonyl (C=O) groups is 2. The van der Waals surface area contributed by atoms with E-state index in [0.717, 1.165) is 35.9 Å². The van der Waals surface area contributed by atoms with Gasteiger partial charge in [-0.2, -0.15) is 0 Å². The fourth-order valence-electron chi connectivity index (χ4n) is 5.08. The highest BCUT2D eigenvalue weighted by Crippen LogP contribution is 2.45. The number of likely N-dealkylation sites (tertiary alicyclic amines) is 1. The van der Waals surface area contributed by atoms with Crippen molar-refractivity contribution in [1.82, 2.24) is 14.4 Å². The molecule has 0 saturated carbocycles. The lowest BCUT2D eigenvalue weighted by Crippen LogP contribution is -2.56. The molecule has 3 saturated heterocycles. The van der Waals surface area contributed by atoms with Gasteiger partial charge in [0.25, 0.3) is 0 Å². The van der Waals surface area contributed by atoms with Crippen LogP contribution in [0, 0.1) is 0 Å². The van der Waals surface area contributed by atoms with E-state index in [4.69, 9.17) is 4.74 Å². The summed E-state index contributed by atoms with van der Waals surface area (Å²) in [5, 5.41) is 1.12. The Hall–Kier alpha value is -2.34. The molecular formula is C20H23N3O3. The van der Waals surface area contributed by atoms with Crippen molar-refractivity contribution < 1.29 is 14.3 Å². The average Bonchev–Trinajstić information content (AvgIpc) is 3.24. The molecule has 0 unspecified atom stereocenters. The maximum atomic E-state index is 13.1. The SMILES string of the molecule is Cn1cc(CC(=O)N2CC[C@@]34OCCCN3C(=O)C[C@@H]24)c2ccccc21. The van der Waals surface area contributed by atoms with Crippen LogP contribution in [0.5, 0.6) is 0 Å². The quantitative estimate of drug-likeness (QED) is 0.825. The van der Waals surface area contributed by atoms with Gasteiger partial charge in [0.2, 0.25) is 11.8 Å². The molecule has 1 aromatic heterocycles. The van der Waals surface area contributed by atoms with Crippen LogP contribution in [0.4, 0.5) is 0 Å². The van der Waals surface area contributed by atoms with Crippen LogP contribution in [0.1, 0.15) is 24.8 Å². The summed E-state index contributed by atoms with van der Waals surface area (Å²) in [4.78, 5) is 29.3. The van der Waals surface area contributed by atoms with Crippen LogP contribution in [0.3, 0.4) is 0 Å². The van der Waals surface area contributed by atoms with Crippen molar-refractivity contribution in [2.24, 2.45) is 7.05 Å². The molecule has 2 aromatic rings. The van der Waals surface area contributed by atoms with E-state index in [2.05, 4.69) is 16.7 Å². The lowest BCUT2D eigenvalue weighted by atomic mass is 10.0. The second kappa shape index (κ2) is 5.58. The Kier molecular flexibility index (Phi) is 3.41. The fourth-order valence-corrected chi connectivity index (χ4v) is 5.08. The van der Waals surface area contributed by atoms with E-state index in [9.17, 15) is 9.59 Å². The number of hydrogen-bond acceptors (Lipinski definition) is 3. The summed E-state index contributed by atoms with van der Waals surface area (Å²) in [6, 6.07) is 8.01. The Morgan fingerprint density at radius 3 is 3.04 bits per heavy atom. The molecule has 2 amide bonds. The summed E-state index contributed by atoms with van der Waals surface area (Å²) in [5.74, 6) is 0.212. The molecule has 4 heterocycles. The van der Waals surface area contributed by atoms with Crippen LogP contribution in [0.2, 0.25) is 0 Å². The maximum Gasteiger partial charge on any atom is 0.227 e. The van der Waals surface area contributed by atoms with Crippen LogP contribution < -0.4 is 0 Å². The number of nitrogens with zero attached hydrogens (tertiary/aromatic N) is 3. The van der Waals surface area contributed by atoms with E-state index < -0.39 is 5.72 Å². The minimum atomic E-state index is -0.566. The number of hydrogen-bond donors (Lipinski definition) is 0. The summed E-state index contributed by atoms with van der Waals surface area (Å²) < 4.78 is 8.16. The second-order valence-electron chi connectivity index (χ2n) is 7.61. The van der Waals surface area contributed by atoms with E-state index >= 15 is 0 Å². The molecule has 0 bridgehead atoms. The molecule has 0 N–H and O–H groups in total. The van der Waals surface area contributed by atoms with Gasteiger partial charge in [0, 0.05) is 43.7 Å². The van der Waals surface area contributed by atoms with E-state index in [1.807, 2.05) is 35.2 Å². The molecule has 0 aliphatic carbocycles. The number of aryl methyl sites for hydroxylation is 1. The molecule has 26 heavy (non-hydrogen) atoms. The van der Waals surface area contributed by atoms with Gasteiger partial charge in [-0.3, -0.25) is 9.59 Å². The molecule has 5 rings (SSSR count). The molecule has 0 radical (unpaired) electrons. The third kappa shape index (κ3) is 2.08. The standard InChI is InChI=1S/C20H23N3O3/c1-21-13-14(15-5-2-3-6-16(15)21)11-18(24)22-9-7-20-17(22)12-19(25)23(20)8-4-10-26-20/h2-3,5-6,13,17H,4,7-12H2,1H3/t17-,20+/m1/s1. The Morgan fingerprint density at radius 2 is 2.15 bits per heavy atom. The molecular weight excluding hydrogens is 330 g/mol. The van der Waals surface area contributed by atoms with Gasteiger partial charge in [0.15, 0.2) is 5.72 Å². The molecule has 2 atom stereocenters. The van der Waals surface area contributed by atoms with Crippen LogP contribution in [0.25, 0.3) is 10.9 Å². The van der Waals surface area contributed by atoms with Crippen molar-refractivity contribution >= 4 is 22.7 Å². The monoisotopic (exact) mass is 353 g/mol. The van der Waals surface area contributed by atoms with E-state index in [0.29, 0.717) is 26.0 Å². The Balaban J connectivity index is 1.42. The highest BCUT2D eigenvalue weighted by atomic mass is 16.5. The van der Waals surface area contributed by atoms with Crippen molar-refractivity contribution in [2.45, 2.75) is 37.5 Å².